The maximum absolute atomic E-state index is 3.10. The van der Waals surface area contributed by atoms with Gasteiger partial charge in [-0.05, 0) is 221 Å². The number of likely N-dealkylation sites (N-methyl/N-ethyl adjacent to an activating group) is 4. The third kappa shape index (κ3) is 48.9. The number of rotatable bonds is 17. The normalized spacial score (nSPS) is 18.3. The summed E-state index contributed by atoms with van der Waals surface area (Å²) in [5.74, 6) is 2.58. The van der Waals surface area contributed by atoms with Crippen molar-refractivity contribution in [3.05, 3.63) is 0 Å². The first kappa shape index (κ1) is 79.4. The summed E-state index contributed by atoms with van der Waals surface area (Å²) in [5.41, 5.74) is 0. The van der Waals surface area contributed by atoms with E-state index in [1.54, 1.807) is 0 Å². The third-order valence-electron chi connectivity index (χ3n) is 14.3. The van der Waals surface area contributed by atoms with Crippen LogP contribution in [-0.2, 0) is 0 Å². The molecule has 1 N–H and O–H groups in total. The van der Waals surface area contributed by atoms with Crippen molar-refractivity contribution in [3.8, 4) is 0 Å². The zero-order valence-electron chi connectivity index (χ0n) is 52.1. The van der Waals surface area contributed by atoms with E-state index in [4.69, 9.17) is 0 Å². The van der Waals surface area contributed by atoms with Gasteiger partial charge < -0.3 is 44.5 Å². The van der Waals surface area contributed by atoms with Crippen LogP contribution in [0.3, 0.4) is 0 Å². The van der Waals surface area contributed by atoms with Crippen LogP contribution in [-0.4, -0.2) is 260 Å². The zero-order valence-corrected chi connectivity index (χ0v) is 52.1. The highest BCUT2D eigenvalue weighted by Crippen LogP contribution is 2.19. The largest absolute Gasteiger partial charge is 0.320 e. The molecule has 0 atom stereocenters. The van der Waals surface area contributed by atoms with Crippen LogP contribution in [0.15, 0.2) is 0 Å². The lowest BCUT2D eigenvalue weighted by Gasteiger charge is -2.43. The Labute approximate surface area is 451 Å². The molecule has 4 heterocycles. The van der Waals surface area contributed by atoms with E-state index < -0.39 is 0 Å². The molecule has 0 amide bonds. The van der Waals surface area contributed by atoms with Gasteiger partial charge in [-0.2, -0.15) is 0 Å². The molecular formula is C60H141N11. The lowest BCUT2D eigenvalue weighted by molar-refractivity contribution is 0.0592. The Morgan fingerprint density at radius 1 is 0.451 bits per heavy atom. The van der Waals surface area contributed by atoms with Gasteiger partial charge in [0.2, 0.25) is 0 Å². The predicted octanol–water partition coefficient (Wildman–Crippen LogP) is 10.6. The van der Waals surface area contributed by atoms with E-state index in [0.29, 0.717) is 6.04 Å². The number of hydrogen-bond acceptors (Lipinski definition) is 11. The molecule has 4 fully saturated rings. The minimum absolute atomic E-state index is 0. The van der Waals surface area contributed by atoms with E-state index in [-0.39, 0.29) is 14.9 Å². The summed E-state index contributed by atoms with van der Waals surface area (Å²) in [6.07, 6.45) is 10.7. The Balaban J connectivity index is -0.000000243. The minimum atomic E-state index is 0. The van der Waals surface area contributed by atoms with Gasteiger partial charge >= 0.3 is 0 Å². The number of hydrogen-bond donors (Lipinski definition) is 1. The summed E-state index contributed by atoms with van der Waals surface area (Å²) in [6, 6.07) is 4.54. The van der Waals surface area contributed by atoms with Crippen molar-refractivity contribution in [2.24, 2.45) is 17.8 Å². The van der Waals surface area contributed by atoms with Gasteiger partial charge in [-0.3, -0.25) is 9.80 Å². The number of piperidine rings is 2. The van der Waals surface area contributed by atoms with E-state index in [1.807, 2.05) is 7.05 Å². The Kier molecular flexibility index (Phi) is 55.0. The smallest absolute Gasteiger partial charge is 0.0121 e. The minimum Gasteiger partial charge on any atom is -0.320 e. The molecule has 0 bridgehead atoms. The van der Waals surface area contributed by atoms with E-state index in [0.717, 1.165) is 67.6 Å². The molecule has 0 aromatic rings. The van der Waals surface area contributed by atoms with Gasteiger partial charge in [-0.25, -0.2) is 0 Å². The van der Waals surface area contributed by atoms with Crippen LogP contribution in [0.5, 0.6) is 0 Å². The fourth-order valence-corrected chi connectivity index (χ4v) is 8.35. The summed E-state index contributed by atoms with van der Waals surface area (Å²) >= 11 is 0. The summed E-state index contributed by atoms with van der Waals surface area (Å²) in [5, 5.41) is 3.10. The van der Waals surface area contributed by atoms with Crippen molar-refractivity contribution in [1.82, 2.24) is 54.3 Å². The Morgan fingerprint density at radius 3 is 1.08 bits per heavy atom. The third-order valence-corrected chi connectivity index (χ3v) is 14.3. The second kappa shape index (κ2) is 49.2. The molecule has 0 aliphatic carbocycles. The molecule has 11 heteroatoms. The second-order valence-corrected chi connectivity index (χ2v) is 24.3. The average Bonchev–Trinajstić information content (AvgIpc) is 3.28. The van der Waals surface area contributed by atoms with Crippen LogP contribution in [0.2, 0.25) is 0 Å². The molecule has 0 aromatic heterocycles. The van der Waals surface area contributed by atoms with Gasteiger partial charge in [0.25, 0.3) is 0 Å². The van der Waals surface area contributed by atoms with E-state index in [9.17, 15) is 0 Å². The highest BCUT2D eigenvalue weighted by molar-refractivity contribution is 4.84. The Morgan fingerprint density at radius 2 is 0.817 bits per heavy atom. The topological polar surface area (TPSA) is 44.4 Å². The van der Waals surface area contributed by atoms with E-state index in [1.165, 1.54) is 136 Å². The van der Waals surface area contributed by atoms with Crippen molar-refractivity contribution in [2.75, 3.05) is 175 Å². The molecule has 0 spiro atoms. The molecule has 4 rings (SSSR count). The van der Waals surface area contributed by atoms with Gasteiger partial charge in [0.05, 0.1) is 0 Å². The molecule has 0 unspecified atom stereocenters. The summed E-state index contributed by atoms with van der Waals surface area (Å²) < 4.78 is 0. The van der Waals surface area contributed by atoms with Crippen LogP contribution in [0.4, 0.5) is 0 Å². The number of nitrogens with zero attached hydrogens (tertiary/aromatic N) is 10. The molecule has 4 saturated heterocycles. The van der Waals surface area contributed by atoms with E-state index >= 15 is 0 Å². The predicted molar refractivity (Wildman–Crippen MR) is 327 cm³/mol. The SMILES string of the molecule is C.C.CC(C)CCN(C)C.CC(C)N(C)CCN(C)C.CC(C)N1CCC(N(C)C)CC1.CC(C)N1CCC(N2CCN(C)CC2)CC1.CC(C)N1CCN(C)CC1.CCCC(C)C.CNCCC(C)C. The molecule has 0 saturated carbocycles. The fourth-order valence-electron chi connectivity index (χ4n) is 8.35. The first-order chi connectivity index (χ1) is 32.2. The summed E-state index contributed by atoms with van der Waals surface area (Å²) in [4.78, 5) is 24.4. The van der Waals surface area contributed by atoms with Gasteiger partial charge in [-0.1, -0.05) is 76.2 Å². The van der Waals surface area contributed by atoms with Crippen LogP contribution >= 0.6 is 0 Å². The molecule has 436 valence electrons. The van der Waals surface area contributed by atoms with Crippen LogP contribution in [0.1, 0.15) is 170 Å². The first-order valence-corrected chi connectivity index (χ1v) is 28.8. The van der Waals surface area contributed by atoms with Crippen LogP contribution < -0.4 is 5.32 Å². The Hall–Kier alpha value is -0.440. The maximum atomic E-state index is 3.10. The molecule has 0 aromatic carbocycles. The van der Waals surface area contributed by atoms with Gasteiger partial charge in [0.15, 0.2) is 0 Å². The van der Waals surface area contributed by atoms with Gasteiger partial charge in [-0.15, -0.1) is 0 Å². The molecule has 71 heavy (non-hydrogen) atoms. The number of likely N-dealkylation sites (tertiary alicyclic amines) is 2. The number of piperazine rings is 2. The first-order valence-electron chi connectivity index (χ1n) is 28.8. The van der Waals surface area contributed by atoms with Crippen molar-refractivity contribution in [2.45, 2.75) is 206 Å². The molecule has 0 radical (unpaired) electrons. The molecule has 11 nitrogen and oxygen atoms in total. The summed E-state index contributed by atoms with van der Waals surface area (Å²) in [6.45, 7) is 53.7. The van der Waals surface area contributed by atoms with Gasteiger partial charge in [0, 0.05) is 102 Å². The average molecular weight is 1020 g/mol. The van der Waals surface area contributed by atoms with Crippen LogP contribution in [0, 0.1) is 17.8 Å². The highest BCUT2D eigenvalue weighted by Gasteiger charge is 2.27. The summed E-state index contributed by atoms with van der Waals surface area (Å²) in [7, 11) is 21.4. The maximum Gasteiger partial charge on any atom is 0.0121 e. The lowest BCUT2D eigenvalue weighted by Crippen LogP contribution is -2.53. The van der Waals surface area contributed by atoms with Crippen molar-refractivity contribution < 1.29 is 0 Å². The van der Waals surface area contributed by atoms with Crippen LogP contribution in [0.25, 0.3) is 0 Å². The van der Waals surface area contributed by atoms with Crippen molar-refractivity contribution in [3.63, 3.8) is 0 Å². The van der Waals surface area contributed by atoms with E-state index in [2.05, 4.69) is 222 Å². The van der Waals surface area contributed by atoms with Gasteiger partial charge in [0.1, 0.15) is 0 Å². The van der Waals surface area contributed by atoms with Crippen molar-refractivity contribution in [1.29, 1.82) is 0 Å². The highest BCUT2D eigenvalue weighted by atomic mass is 15.3. The molecule has 4 aliphatic heterocycles. The fraction of sp³-hybridized carbons (Fsp3) is 1.00. The monoisotopic (exact) mass is 1020 g/mol. The lowest BCUT2D eigenvalue weighted by atomic mass is 10.0. The quantitative estimate of drug-likeness (QED) is 0.152. The van der Waals surface area contributed by atoms with Crippen molar-refractivity contribution >= 4 is 0 Å². The molecule has 4 aliphatic rings. The standard InChI is InChI=1S/C13H27N3.C10H22N2.C8H18N2.C8H20N2.C7H17N.C6H15N.C6H14.2CH4/c1-12(2)15-6-4-13(5-7-15)16-10-8-14(3)9-11-16;1-9(2)12-7-5-10(6-8-12)11(3)4;1-8(2)10-6-4-9(3)5-7-10;1-8(2)10(5)7-6-9(3)4;1-7(2)5-6-8(3)4;1-6(2)4-5-7-3;1-4-5-6(2)3;;/h12-13H,4-11H2,1-3H3;9-10H,5-8H2,1-4H3;8H,4-7H2,1-3H3;8H,6-7H2,1-5H3;7H,5-6H2,1-4H3;6-7H,4-5H2,1-3H3;6H,4-5H2,1-3H3;2*1H4. The Bertz CT molecular complexity index is 1010. The second-order valence-electron chi connectivity index (χ2n) is 24.3. The number of nitrogens with one attached hydrogen (secondary N) is 1. The molecular weight excluding hydrogens is 875 g/mol. The zero-order chi connectivity index (χ0) is 53.6.